The Morgan fingerprint density at radius 1 is 1.60 bits per heavy atom. The van der Waals surface area contributed by atoms with E-state index in [0.717, 1.165) is 6.29 Å². The van der Waals surface area contributed by atoms with E-state index >= 15 is 0 Å². The predicted octanol–water partition coefficient (Wildman–Crippen LogP) is 1.48. The minimum absolute atomic E-state index is 0.334. The summed E-state index contributed by atoms with van der Waals surface area (Å²) in [4.78, 5) is 13.9. The lowest BCUT2D eigenvalue weighted by molar-refractivity contribution is -0.107. The van der Waals surface area contributed by atoms with Crippen LogP contribution in [0.2, 0.25) is 5.15 Å². The van der Waals surface area contributed by atoms with E-state index in [4.69, 9.17) is 11.6 Å². The summed E-state index contributed by atoms with van der Waals surface area (Å²) in [5.74, 6) is 0. The topological polar surface area (TPSA) is 30.0 Å². The van der Waals surface area contributed by atoms with Gasteiger partial charge in [-0.05, 0) is 12.1 Å². The third-order valence-electron chi connectivity index (χ3n) is 1.07. The standard InChI is InChI=1S/C7H6ClNO/c8-7-3-1-2-6(9-7)4-5-10/h1-3,5H,4H2. The average Bonchev–Trinajstić information content (AvgIpc) is 1.88. The Kier molecular flexibility index (Phi) is 2.40. The molecule has 1 heterocycles. The van der Waals surface area contributed by atoms with Crippen LogP contribution in [0.5, 0.6) is 0 Å². The van der Waals surface area contributed by atoms with Crippen molar-refractivity contribution in [3.05, 3.63) is 29.0 Å². The summed E-state index contributed by atoms with van der Waals surface area (Å²) < 4.78 is 0. The van der Waals surface area contributed by atoms with Crippen molar-refractivity contribution in [2.45, 2.75) is 6.42 Å². The van der Waals surface area contributed by atoms with E-state index in [-0.39, 0.29) is 0 Å². The SMILES string of the molecule is O=CCc1cccc(Cl)n1. The van der Waals surface area contributed by atoms with E-state index < -0.39 is 0 Å². The fourth-order valence-corrected chi connectivity index (χ4v) is 0.831. The largest absolute Gasteiger partial charge is 0.303 e. The molecule has 0 aromatic carbocycles. The molecule has 0 spiro atoms. The summed E-state index contributed by atoms with van der Waals surface area (Å²) in [6.07, 6.45) is 1.14. The number of aromatic nitrogens is 1. The Balaban J connectivity index is 2.84. The smallest absolute Gasteiger partial charge is 0.129 e. The second-order valence-corrected chi connectivity index (χ2v) is 2.21. The lowest BCUT2D eigenvalue weighted by atomic mass is 10.3. The van der Waals surface area contributed by atoms with Gasteiger partial charge in [0.05, 0.1) is 0 Å². The van der Waals surface area contributed by atoms with Crippen LogP contribution in [0.4, 0.5) is 0 Å². The first-order valence-electron chi connectivity index (χ1n) is 2.88. The van der Waals surface area contributed by atoms with Crippen LogP contribution in [0, 0.1) is 0 Å². The number of pyridine rings is 1. The van der Waals surface area contributed by atoms with Crippen LogP contribution in [0.15, 0.2) is 18.2 Å². The Morgan fingerprint density at radius 3 is 3.00 bits per heavy atom. The van der Waals surface area contributed by atoms with Gasteiger partial charge < -0.3 is 4.79 Å². The van der Waals surface area contributed by atoms with Gasteiger partial charge in [-0.2, -0.15) is 0 Å². The van der Waals surface area contributed by atoms with Crippen LogP contribution in [0.1, 0.15) is 5.69 Å². The van der Waals surface area contributed by atoms with Crippen LogP contribution >= 0.6 is 11.6 Å². The van der Waals surface area contributed by atoms with Crippen LogP contribution in [0.25, 0.3) is 0 Å². The summed E-state index contributed by atoms with van der Waals surface area (Å²) in [5, 5.41) is 0.430. The number of carbonyl (C=O) groups excluding carboxylic acids is 1. The molecule has 1 aromatic rings. The van der Waals surface area contributed by atoms with Gasteiger partial charge in [0.2, 0.25) is 0 Å². The molecule has 0 fully saturated rings. The molecule has 0 saturated heterocycles. The van der Waals surface area contributed by atoms with Crippen molar-refractivity contribution in [3.8, 4) is 0 Å². The lowest BCUT2D eigenvalue weighted by Gasteiger charge is -1.92. The summed E-state index contributed by atoms with van der Waals surface area (Å²) >= 11 is 5.55. The molecule has 0 radical (unpaired) electrons. The molecular weight excluding hydrogens is 150 g/mol. The zero-order chi connectivity index (χ0) is 7.40. The summed E-state index contributed by atoms with van der Waals surface area (Å²) in [7, 11) is 0. The van der Waals surface area contributed by atoms with Gasteiger partial charge in [0.25, 0.3) is 0 Å². The molecule has 2 nitrogen and oxygen atoms in total. The molecule has 3 heteroatoms. The highest BCUT2D eigenvalue weighted by Gasteiger charge is 1.92. The number of hydrogen-bond donors (Lipinski definition) is 0. The maximum absolute atomic E-state index is 10.0. The van der Waals surface area contributed by atoms with Crippen molar-refractivity contribution in [1.29, 1.82) is 0 Å². The Labute approximate surface area is 63.8 Å². The van der Waals surface area contributed by atoms with Crippen molar-refractivity contribution in [2.24, 2.45) is 0 Å². The molecule has 10 heavy (non-hydrogen) atoms. The number of hydrogen-bond acceptors (Lipinski definition) is 2. The monoisotopic (exact) mass is 155 g/mol. The third kappa shape index (κ3) is 1.81. The lowest BCUT2D eigenvalue weighted by Crippen LogP contribution is -1.89. The van der Waals surface area contributed by atoms with Crippen LogP contribution in [-0.4, -0.2) is 11.3 Å². The van der Waals surface area contributed by atoms with Gasteiger partial charge >= 0.3 is 0 Å². The zero-order valence-corrected chi connectivity index (χ0v) is 6.01. The molecule has 0 aliphatic carbocycles. The van der Waals surface area contributed by atoms with E-state index in [0.29, 0.717) is 17.3 Å². The third-order valence-corrected chi connectivity index (χ3v) is 1.28. The Morgan fingerprint density at radius 2 is 2.40 bits per heavy atom. The second kappa shape index (κ2) is 3.32. The van der Waals surface area contributed by atoms with Crippen molar-refractivity contribution in [2.75, 3.05) is 0 Å². The normalized spacial score (nSPS) is 9.30. The molecule has 0 aliphatic heterocycles. The average molecular weight is 156 g/mol. The quantitative estimate of drug-likeness (QED) is 0.478. The molecule has 1 aromatic heterocycles. The van der Waals surface area contributed by atoms with Gasteiger partial charge in [0, 0.05) is 12.1 Å². The van der Waals surface area contributed by atoms with Gasteiger partial charge in [0.15, 0.2) is 0 Å². The first-order chi connectivity index (χ1) is 4.83. The molecule has 0 saturated carbocycles. The highest BCUT2D eigenvalue weighted by molar-refractivity contribution is 6.29. The van der Waals surface area contributed by atoms with Gasteiger partial charge in [-0.3, -0.25) is 0 Å². The van der Waals surface area contributed by atoms with Crippen LogP contribution in [0.3, 0.4) is 0 Å². The molecule has 52 valence electrons. The van der Waals surface area contributed by atoms with E-state index in [1.54, 1.807) is 18.2 Å². The summed E-state index contributed by atoms with van der Waals surface area (Å²) in [5.41, 5.74) is 0.711. The second-order valence-electron chi connectivity index (χ2n) is 1.82. The van der Waals surface area contributed by atoms with E-state index in [1.165, 1.54) is 0 Å². The Bertz CT molecular complexity index is 237. The molecule has 0 unspecified atom stereocenters. The number of rotatable bonds is 2. The highest BCUT2D eigenvalue weighted by atomic mass is 35.5. The zero-order valence-electron chi connectivity index (χ0n) is 5.25. The molecule has 0 bridgehead atoms. The fraction of sp³-hybridized carbons (Fsp3) is 0.143. The van der Waals surface area contributed by atoms with Gasteiger partial charge in [0.1, 0.15) is 11.4 Å². The number of nitrogens with zero attached hydrogens (tertiary/aromatic N) is 1. The van der Waals surface area contributed by atoms with Crippen LogP contribution < -0.4 is 0 Å². The number of carbonyl (C=O) groups is 1. The first kappa shape index (κ1) is 7.22. The van der Waals surface area contributed by atoms with Gasteiger partial charge in [-0.25, -0.2) is 4.98 Å². The molecule has 0 aliphatic rings. The Hall–Kier alpha value is -0.890. The maximum atomic E-state index is 10.0. The fourth-order valence-electron chi connectivity index (χ4n) is 0.649. The van der Waals surface area contributed by atoms with Gasteiger partial charge in [-0.1, -0.05) is 17.7 Å². The van der Waals surface area contributed by atoms with Gasteiger partial charge in [-0.15, -0.1) is 0 Å². The van der Waals surface area contributed by atoms with Crippen molar-refractivity contribution >= 4 is 17.9 Å². The first-order valence-corrected chi connectivity index (χ1v) is 3.26. The van der Waals surface area contributed by atoms with Crippen LogP contribution in [-0.2, 0) is 11.2 Å². The summed E-state index contributed by atoms with van der Waals surface area (Å²) in [6.45, 7) is 0. The van der Waals surface area contributed by atoms with Crippen molar-refractivity contribution in [1.82, 2.24) is 4.98 Å². The summed E-state index contributed by atoms with van der Waals surface area (Å²) in [6, 6.07) is 5.21. The molecule has 0 amide bonds. The molecule has 1 rings (SSSR count). The molecular formula is C7H6ClNO. The minimum Gasteiger partial charge on any atom is -0.303 e. The highest BCUT2D eigenvalue weighted by Crippen LogP contribution is 2.04. The van der Waals surface area contributed by atoms with Crippen molar-refractivity contribution in [3.63, 3.8) is 0 Å². The number of aldehydes is 1. The van der Waals surface area contributed by atoms with E-state index in [2.05, 4.69) is 4.98 Å². The predicted molar refractivity (Wildman–Crippen MR) is 39.0 cm³/mol. The minimum atomic E-state index is 0.334. The number of halogens is 1. The molecule has 0 atom stereocenters. The van der Waals surface area contributed by atoms with E-state index in [9.17, 15) is 4.79 Å². The maximum Gasteiger partial charge on any atom is 0.129 e. The van der Waals surface area contributed by atoms with E-state index in [1.807, 2.05) is 0 Å². The molecule has 0 N–H and O–H groups in total. The van der Waals surface area contributed by atoms with Crippen molar-refractivity contribution < 1.29 is 4.79 Å².